The highest BCUT2D eigenvalue weighted by Gasteiger charge is 2.17. The molecule has 308 valence electrons. The van der Waals surface area contributed by atoms with Crippen LogP contribution in [0.1, 0.15) is 81.8 Å². The molecule has 0 atom stereocenters. The zero-order valence-electron chi connectivity index (χ0n) is 33.2. The smallest absolute Gasteiger partial charge is 0.255 e. The highest BCUT2D eigenvalue weighted by atomic mass is 16.2. The van der Waals surface area contributed by atoms with Gasteiger partial charge in [-0.1, -0.05) is 42.5 Å². The van der Waals surface area contributed by atoms with Crippen molar-refractivity contribution in [2.75, 3.05) is 10.6 Å². The molecule has 0 radical (unpaired) electrons. The van der Waals surface area contributed by atoms with E-state index >= 15 is 0 Å². The van der Waals surface area contributed by atoms with E-state index in [-0.39, 0.29) is 35.0 Å². The Morgan fingerprint density at radius 2 is 0.750 bits per heavy atom. The molecule has 18 N–H and O–H groups in total. The van der Waals surface area contributed by atoms with Crippen LogP contribution in [0.2, 0.25) is 0 Å². The molecule has 4 aromatic rings. The number of benzene rings is 4. The fraction of sp³-hybridized carbons (Fsp3) is 0.100. The Balaban J connectivity index is 1.79. The number of nitrogens with one attached hydrogen (secondary N) is 10. The third-order valence-corrected chi connectivity index (χ3v) is 8.18. The van der Waals surface area contributed by atoms with Crippen molar-refractivity contribution in [1.29, 1.82) is 21.6 Å². The number of guanidine groups is 4. The van der Waals surface area contributed by atoms with Gasteiger partial charge in [-0.3, -0.25) is 31.2 Å². The molecular formula is C40H46N18O2. The van der Waals surface area contributed by atoms with Crippen molar-refractivity contribution < 1.29 is 9.59 Å². The Bertz CT molecular complexity index is 2240. The predicted octanol–water partition coefficient (Wildman–Crippen LogP) is 3.19. The van der Waals surface area contributed by atoms with Gasteiger partial charge in [0, 0.05) is 44.8 Å². The molecule has 0 unspecified atom stereocenters. The van der Waals surface area contributed by atoms with Crippen LogP contribution in [0.15, 0.2) is 105 Å². The number of amides is 2. The fourth-order valence-electron chi connectivity index (χ4n) is 5.24. The molecule has 60 heavy (non-hydrogen) atoms. The zero-order valence-corrected chi connectivity index (χ0v) is 33.2. The molecule has 0 fully saturated rings. The van der Waals surface area contributed by atoms with Crippen LogP contribution in [0.3, 0.4) is 0 Å². The number of carbonyl (C=O) groups is 2. The minimum absolute atomic E-state index is 0.153. The Labute approximate surface area is 345 Å². The van der Waals surface area contributed by atoms with E-state index in [1.54, 1.807) is 82.3 Å². The topological polar surface area (TPSA) is 355 Å². The molecule has 0 aliphatic carbocycles. The van der Waals surface area contributed by atoms with E-state index in [1.165, 1.54) is 6.07 Å². The van der Waals surface area contributed by atoms with Gasteiger partial charge in [0.2, 0.25) is 23.8 Å². The molecular weight excluding hydrogens is 765 g/mol. The maximum absolute atomic E-state index is 14.1. The first-order valence-electron chi connectivity index (χ1n) is 17.9. The summed E-state index contributed by atoms with van der Waals surface area (Å²) < 4.78 is 0. The maximum Gasteiger partial charge on any atom is 0.255 e. The lowest BCUT2D eigenvalue weighted by molar-refractivity contribution is 0.102. The van der Waals surface area contributed by atoms with Crippen molar-refractivity contribution in [3.63, 3.8) is 0 Å². The van der Waals surface area contributed by atoms with Crippen molar-refractivity contribution in [2.24, 2.45) is 43.3 Å². The van der Waals surface area contributed by atoms with E-state index in [1.807, 2.05) is 36.4 Å². The van der Waals surface area contributed by atoms with Crippen LogP contribution in [0.25, 0.3) is 12.2 Å². The van der Waals surface area contributed by atoms with Gasteiger partial charge in [-0.05, 0) is 93.4 Å². The van der Waals surface area contributed by atoms with Gasteiger partial charge in [-0.25, -0.2) is 21.7 Å². The van der Waals surface area contributed by atoms with Crippen molar-refractivity contribution in [1.82, 2.24) is 21.7 Å². The van der Waals surface area contributed by atoms with E-state index < -0.39 is 11.8 Å². The van der Waals surface area contributed by atoms with E-state index in [9.17, 15) is 9.59 Å². The summed E-state index contributed by atoms with van der Waals surface area (Å²) in [6.45, 7) is 6.73. The number of anilines is 2. The molecule has 0 heterocycles. The fourth-order valence-corrected chi connectivity index (χ4v) is 5.24. The minimum Gasteiger partial charge on any atom is -0.369 e. The zero-order chi connectivity index (χ0) is 43.9. The van der Waals surface area contributed by atoms with E-state index in [0.29, 0.717) is 62.0 Å². The average molecular weight is 811 g/mol. The molecule has 4 rings (SSSR count). The Hall–Kier alpha value is -8.68. The van der Waals surface area contributed by atoms with Crippen molar-refractivity contribution in [3.05, 3.63) is 129 Å². The molecule has 0 aliphatic rings. The second kappa shape index (κ2) is 20.5. The molecule has 0 aliphatic heterocycles. The highest BCUT2D eigenvalue weighted by Crippen LogP contribution is 2.22. The normalized spacial score (nSPS) is 12.0. The second-order valence-electron chi connectivity index (χ2n) is 13.0. The van der Waals surface area contributed by atoms with Crippen molar-refractivity contribution in [2.45, 2.75) is 27.7 Å². The summed E-state index contributed by atoms with van der Waals surface area (Å²) in [5.74, 6) is -2.56. The molecule has 0 aromatic heterocycles. The second-order valence-corrected chi connectivity index (χ2v) is 13.0. The molecule has 0 saturated carbocycles. The van der Waals surface area contributed by atoms with Gasteiger partial charge in [0.25, 0.3) is 11.8 Å². The first kappa shape index (κ1) is 44.0. The van der Waals surface area contributed by atoms with Gasteiger partial charge >= 0.3 is 0 Å². The molecule has 0 bridgehead atoms. The van der Waals surface area contributed by atoms with Crippen LogP contribution >= 0.6 is 0 Å². The summed E-state index contributed by atoms with van der Waals surface area (Å²) in [5.41, 5.74) is 37.7. The molecule has 20 nitrogen and oxygen atoms in total. The third-order valence-electron chi connectivity index (χ3n) is 8.18. The quantitative estimate of drug-likeness (QED) is 0.0382. The standard InChI is InChI=1S/C40H46N18O2/c1-21(51-55-37(41)42)27-14-28(22(2)52-56-38(43)44)18-33(17-27)49-35(59)31-12-26(11-10-25-8-6-5-7-9-25)13-32(16-31)36(60)50-34-19-29(23(3)53-57-39(45)46)15-30(20-34)24(4)54-58-40(47)48/h5-20H,1-4H3,(H,49,59)(H,50,60)(H4,41,42,55)(H4,43,44,56)(H4,45,46,57)(H4,47,48,58)/b11-10-,51-21+,52-22+,53-23+,54-24+. The van der Waals surface area contributed by atoms with Crippen LogP contribution in [0.5, 0.6) is 0 Å². The first-order valence-corrected chi connectivity index (χ1v) is 17.9. The number of nitrogens with two attached hydrogens (primary N) is 4. The summed E-state index contributed by atoms with van der Waals surface area (Å²) in [5, 5.41) is 52.2. The highest BCUT2D eigenvalue weighted by molar-refractivity contribution is 6.12. The van der Waals surface area contributed by atoms with Crippen LogP contribution in [0.4, 0.5) is 11.4 Å². The number of rotatable bonds is 14. The minimum atomic E-state index is -0.547. The number of hydrogen-bond acceptors (Lipinski definition) is 10. The van der Waals surface area contributed by atoms with Gasteiger partial charge in [0.05, 0.1) is 22.8 Å². The van der Waals surface area contributed by atoms with E-state index in [0.717, 1.165) is 5.56 Å². The lowest BCUT2D eigenvalue weighted by Gasteiger charge is -2.14. The van der Waals surface area contributed by atoms with E-state index in [2.05, 4.69) is 52.7 Å². The molecule has 20 heteroatoms. The molecule has 0 saturated heterocycles. The third kappa shape index (κ3) is 13.5. The van der Waals surface area contributed by atoms with Gasteiger partial charge in [-0.2, -0.15) is 20.4 Å². The number of hydrazone groups is 4. The largest absolute Gasteiger partial charge is 0.369 e. The van der Waals surface area contributed by atoms with Crippen LogP contribution < -0.4 is 55.3 Å². The molecule has 4 aromatic carbocycles. The van der Waals surface area contributed by atoms with Gasteiger partial charge in [-0.15, -0.1) is 0 Å². The summed E-state index contributed by atoms with van der Waals surface area (Å²) >= 11 is 0. The van der Waals surface area contributed by atoms with Crippen LogP contribution in [0, 0.1) is 21.6 Å². The van der Waals surface area contributed by atoms with Crippen molar-refractivity contribution >= 4 is 82.0 Å². The lowest BCUT2D eigenvalue weighted by atomic mass is 10.0. The Morgan fingerprint density at radius 3 is 1.07 bits per heavy atom. The van der Waals surface area contributed by atoms with Crippen molar-refractivity contribution in [3.8, 4) is 0 Å². The summed E-state index contributed by atoms with van der Waals surface area (Å²) in [4.78, 5) is 28.2. The SMILES string of the molecule is C/C(=N\NC(=N)N)c1cc(NC(=O)c2cc(/C=C\c3ccccc3)cc(C(=O)Nc3cc(/C(C)=N/NC(=N)N)cc(/C(C)=N/NC(=N)N)c3)c2)cc(/C(C)=N/NC(=N)N)c1. The van der Waals surface area contributed by atoms with Crippen LogP contribution in [-0.2, 0) is 0 Å². The van der Waals surface area contributed by atoms with Gasteiger partial charge in [0.1, 0.15) is 0 Å². The van der Waals surface area contributed by atoms with Gasteiger partial charge < -0.3 is 33.6 Å². The Morgan fingerprint density at radius 1 is 0.450 bits per heavy atom. The Kier molecular flexibility index (Phi) is 15.0. The number of nitrogens with zero attached hydrogens (tertiary/aromatic N) is 4. The molecule has 0 spiro atoms. The summed E-state index contributed by atoms with van der Waals surface area (Å²) in [6.07, 6.45) is 3.64. The van der Waals surface area contributed by atoms with Gasteiger partial charge in [0.15, 0.2) is 0 Å². The summed E-state index contributed by atoms with van der Waals surface area (Å²) in [7, 11) is 0. The lowest BCUT2D eigenvalue weighted by Crippen LogP contribution is -2.27. The number of hydrogen-bond donors (Lipinski definition) is 14. The van der Waals surface area contributed by atoms with Crippen LogP contribution in [-0.4, -0.2) is 58.5 Å². The molecule has 2 amide bonds. The average Bonchev–Trinajstić information content (AvgIpc) is 3.21. The maximum atomic E-state index is 14.1. The van der Waals surface area contributed by atoms with E-state index in [4.69, 9.17) is 44.6 Å². The number of carbonyl (C=O) groups excluding carboxylic acids is 2. The summed E-state index contributed by atoms with van der Waals surface area (Å²) in [6, 6.07) is 24.4. The first-order chi connectivity index (χ1) is 28.5. The predicted molar refractivity (Wildman–Crippen MR) is 240 cm³/mol. The monoisotopic (exact) mass is 810 g/mol.